The van der Waals surface area contributed by atoms with Crippen molar-refractivity contribution in [3.63, 3.8) is 0 Å². The Morgan fingerprint density at radius 1 is 0.710 bits per heavy atom. The molecule has 4 aromatic carbocycles. The Morgan fingerprint density at radius 3 is 2.06 bits per heavy atom. The maximum Gasteiger partial charge on any atom is 0.127 e. The van der Waals surface area contributed by atoms with Gasteiger partial charge in [0.15, 0.2) is 0 Å². The van der Waals surface area contributed by atoms with E-state index in [1.165, 1.54) is 11.1 Å². The molecule has 4 rings (SSSR count). The number of hydrogen-bond acceptors (Lipinski definition) is 2. The van der Waals surface area contributed by atoms with Crippen LogP contribution in [0.15, 0.2) is 103 Å². The second kappa shape index (κ2) is 10.4. The van der Waals surface area contributed by atoms with E-state index in [1.807, 2.05) is 49.4 Å². The van der Waals surface area contributed by atoms with Crippen LogP contribution in [0.3, 0.4) is 0 Å². The minimum atomic E-state index is -0.495. The Hall–Kier alpha value is -2.93. The van der Waals surface area contributed by atoms with Crippen LogP contribution in [0.4, 0.5) is 0 Å². The van der Waals surface area contributed by atoms with Crippen LogP contribution in [0.1, 0.15) is 35.3 Å². The zero-order chi connectivity index (χ0) is 21.5. The molecule has 0 saturated carbocycles. The molecule has 0 radical (unpaired) electrons. The summed E-state index contributed by atoms with van der Waals surface area (Å²) in [7, 11) is 0.407. The lowest BCUT2D eigenvalue weighted by molar-refractivity contribution is 0.200. The Labute approximate surface area is 186 Å². The Balaban J connectivity index is 1.63. The molecule has 0 bridgehead atoms. The minimum absolute atomic E-state index is 0.407. The maximum atomic E-state index is 10.2. The molecule has 0 aromatic heterocycles. The van der Waals surface area contributed by atoms with Crippen LogP contribution < -0.4 is 15.3 Å². The predicted octanol–water partition coefficient (Wildman–Crippen LogP) is 5.54. The van der Waals surface area contributed by atoms with Crippen molar-refractivity contribution in [3.8, 4) is 5.75 Å². The number of ether oxygens (including phenoxy) is 1. The van der Waals surface area contributed by atoms with Gasteiger partial charge in [0.1, 0.15) is 12.4 Å². The standard InChI is InChI=1S/C28H27O2P/c1-21(29)25-14-8-9-15-27(25)31-28-19-24(18-22-10-4-2-5-11-22)16-17-26(28)30-20-23-12-6-3-7-13-23/h2-17,19,21,29,31H,18,20H2,1H3. The number of hydrogen-bond donors (Lipinski definition) is 1. The summed E-state index contributed by atoms with van der Waals surface area (Å²) in [6.07, 6.45) is 0.389. The summed E-state index contributed by atoms with van der Waals surface area (Å²) in [6, 6.07) is 35.4. The summed E-state index contributed by atoms with van der Waals surface area (Å²) in [6.45, 7) is 2.36. The van der Waals surface area contributed by atoms with Crippen molar-refractivity contribution in [2.75, 3.05) is 0 Å². The van der Waals surface area contributed by atoms with Gasteiger partial charge in [-0.25, -0.2) is 0 Å². The summed E-state index contributed by atoms with van der Waals surface area (Å²) >= 11 is 0. The number of rotatable bonds is 8. The lowest BCUT2D eigenvalue weighted by Gasteiger charge is -2.16. The van der Waals surface area contributed by atoms with Crippen LogP contribution in [0.2, 0.25) is 0 Å². The number of aliphatic hydroxyl groups is 1. The zero-order valence-corrected chi connectivity index (χ0v) is 18.7. The molecule has 2 unspecified atom stereocenters. The van der Waals surface area contributed by atoms with Crippen LogP contribution in [-0.4, -0.2) is 5.11 Å². The fourth-order valence-corrected chi connectivity index (χ4v) is 5.04. The highest BCUT2D eigenvalue weighted by molar-refractivity contribution is 7.55. The summed E-state index contributed by atoms with van der Waals surface area (Å²) in [5, 5.41) is 12.5. The van der Waals surface area contributed by atoms with Gasteiger partial charge in [-0.05, 0) is 53.0 Å². The number of benzene rings is 4. The summed E-state index contributed by atoms with van der Waals surface area (Å²) in [5.41, 5.74) is 4.67. The quantitative estimate of drug-likeness (QED) is 0.375. The van der Waals surface area contributed by atoms with E-state index in [0.29, 0.717) is 15.2 Å². The molecule has 0 amide bonds. The van der Waals surface area contributed by atoms with E-state index in [4.69, 9.17) is 4.74 Å². The lowest BCUT2D eigenvalue weighted by atomic mass is 10.1. The van der Waals surface area contributed by atoms with E-state index in [2.05, 4.69) is 60.7 Å². The van der Waals surface area contributed by atoms with Crippen LogP contribution in [0, 0.1) is 0 Å². The number of aliphatic hydroxyl groups excluding tert-OH is 1. The van der Waals surface area contributed by atoms with Gasteiger partial charge in [-0.1, -0.05) is 99.6 Å². The first-order chi connectivity index (χ1) is 15.2. The first kappa shape index (κ1) is 21.3. The van der Waals surface area contributed by atoms with E-state index >= 15 is 0 Å². The van der Waals surface area contributed by atoms with Crippen molar-refractivity contribution >= 4 is 19.2 Å². The summed E-state index contributed by atoms with van der Waals surface area (Å²) in [4.78, 5) is 0. The molecule has 1 N–H and O–H groups in total. The maximum absolute atomic E-state index is 10.2. The molecular weight excluding hydrogens is 399 g/mol. The smallest absolute Gasteiger partial charge is 0.127 e. The Bertz CT molecular complexity index is 1110. The molecule has 3 heteroatoms. The van der Waals surface area contributed by atoms with Crippen molar-refractivity contribution in [3.05, 3.63) is 125 Å². The third-order valence-corrected chi connectivity index (χ3v) is 6.60. The van der Waals surface area contributed by atoms with E-state index in [9.17, 15) is 5.11 Å². The van der Waals surface area contributed by atoms with Gasteiger partial charge in [0.2, 0.25) is 0 Å². The van der Waals surface area contributed by atoms with Crippen molar-refractivity contribution in [2.45, 2.75) is 26.1 Å². The molecule has 2 atom stereocenters. The SMILES string of the molecule is CC(O)c1ccccc1Pc1cc(Cc2ccccc2)ccc1OCc1ccccc1. The molecule has 0 aliphatic carbocycles. The molecular formula is C28H27O2P. The van der Waals surface area contributed by atoms with Gasteiger partial charge in [0, 0.05) is 5.30 Å². The van der Waals surface area contributed by atoms with Crippen LogP contribution in [0.5, 0.6) is 5.75 Å². The first-order valence-corrected chi connectivity index (χ1v) is 11.6. The molecule has 0 saturated heterocycles. The van der Waals surface area contributed by atoms with Gasteiger partial charge in [-0.3, -0.25) is 0 Å². The minimum Gasteiger partial charge on any atom is -0.488 e. The second-order valence-corrected chi connectivity index (χ2v) is 8.98. The topological polar surface area (TPSA) is 29.5 Å². The largest absolute Gasteiger partial charge is 0.488 e. The Morgan fingerprint density at radius 2 is 1.35 bits per heavy atom. The van der Waals surface area contributed by atoms with Crippen molar-refractivity contribution < 1.29 is 9.84 Å². The highest BCUT2D eigenvalue weighted by atomic mass is 31.1. The van der Waals surface area contributed by atoms with Gasteiger partial charge < -0.3 is 9.84 Å². The van der Waals surface area contributed by atoms with Gasteiger partial charge in [-0.2, -0.15) is 0 Å². The van der Waals surface area contributed by atoms with E-state index in [1.54, 1.807) is 0 Å². The molecule has 0 spiro atoms. The van der Waals surface area contributed by atoms with Gasteiger partial charge in [0.25, 0.3) is 0 Å². The molecule has 0 aliphatic rings. The van der Waals surface area contributed by atoms with Crippen LogP contribution in [-0.2, 0) is 13.0 Å². The van der Waals surface area contributed by atoms with E-state index in [-0.39, 0.29) is 0 Å². The molecule has 0 heterocycles. The summed E-state index contributed by atoms with van der Waals surface area (Å²) in [5.74, 6) is 0.902. The average molecular weight is 426 g/mol. The molecule has 2 nitrogen and oxygen atoms in total. The highest BCUT2D eigenvalue weighted by Crippen LogP contribution is 2.26. The second-order valence-electron chi connectivity index (χ2n) is 7.66. The van der Waals surface area contributed by atoms with E-state index < -0.39 is 6.10 Å². The highest BCUT2D eigenvalue weighted by Gasteiger charge is 2.12. The van der Waals surface area contributed by atoms with Gasteiger partial charge in [-0.15, -0.1) is 0 Å². The Kier molecular flexibility index (Phi) is 7.14. The summed E-state index contributed by atoms with van der Waals surface area (Å²) < 4.78 is 6.25. The van der Waals surface area contributed by atoms with Crippen LogP contribution in [0.25, 0.3) is 0 Å². The van der Waals surface area contributed by atoms with Crippen molar-refractivity contribution in [1.29, 1.82) is 0 Å². The van der Waals surface area contributed by atoms with Crippen molar-refractivity contribution in [2.24, 2.45) is 0 Å². The molecule has 4 aromatic rings. The third-order valence-electron chi connectivity index (χ3n) is 5.21. The van der Waals surface area contributed by atoms with Gasteiger partial charge >= 0.3 is 0 Å². The first-order valence-electron chi connectivity index (χ1n) is 10.6. The normalized spacial score (nSPS) is 12.2. The lowest BCUT2D eigenvalue weighted by Crippen LogP contribution is -2.14. The molecule has 31 heavy (non-hydrogen) atoms. The molecule has 0 aliphatic heterocycles. The van der Waals surface area contributed by atoms with Gasteiger partial charge in [0.05, 0.1) is 6.10 Å². The monoisotopic (exact) mass is 426 g/mol. The predicted molar refractivity (Wildman–Crippen MR) is 131 cm³/mol. The average Bonchev–Trinajstić information content (AvgIpc) is 2.80. The zero-order valence-electron chi connectivity index (χ0n) is 17.7. The fourth-order valence-electron chi connectivity index (χ4n) is 3.60. The molecule has 156 valence electrons. The van der Waals surface area contributed by atoms with Crippen molar-refractivity contribution in [1.82, 2.24) is 0 Å². The van der Waals surface area contributed by atoms with E-state index in [0.717, 1.165) is 33.9 Å². The van der Waals surface area contributed by atoms with Crippen LogP contribution >= 0.6 is 8.58 Å². The third kappa shape index (κ3) is 5.82. The fraction of sp³-hybridized carbons (Fsp3) is 0.143. The molecule has 0 fully saturated rings.